The molecule has 0 saturated heterocycles. The second-order valence-electron chi connectivity index (χ2n) is 4.31. The predicted molar refractivity (Wildman–Crippen MR) is 72.1 cm³/mol. The third-order valence-electron chi connectivity index (χ3n) is 2.87. The summed E-state index contributed by atoms with van der Waals surface area (Å²) in [5.41, 5.74) is -0.309. The summed E-state index contributed by atoms with van der Waals surface area (Å²) in [6.45, 7) is 1.61. The summed E-state index contributed by atoms with van der Waals surface area (Å²) < 4.78 is 27.0. The van der Waals surface area contributed by atoms with Crippen LogP contribution in [-0.4, -0.2) is 10.8 Å². The van der Waals surface area contributed by atoms with E-state index in [0.717, 1.165) is 24.3 Å². The summed E-state index contributed by atoms with van der Waals surface area (Å²) in [4.78, 5) is 22.0. The third kappa shape index (κ3) is 3.02. The van der Waals surface area contributed by atoms with E-state index in [2.05, 4.69) is 5.32 Å². The lowest BCUT2D eigenvalue weighted by Crippen LogP contribution is -2.16. The first-order valence-corrected chi connectivity index (χ1v) is 5.90. The smallest absolute Gasteiger partial charge is 0.271 e. The van der Waals surface area contributed by atoms with Gasteiger partial charge in [-0.25, -0.2) is 8.78 Å². The van der Waals surface area contributed by atoms with Gasteiger partial charge in [-0.3, -0.25) is 14.9 Å². The first-order chi connectivity index (χ1) is 9.90. The Labute approximate surface area is 118 Å². The van der Waals surface area contributed by atoms with Crippen LogP contribution in [0.5, 0.6) is 0 Å². The number of halogens is 2. The maximum absolute atomic E-state index is 13.5. The summed E-state index contributed by atoms with van der Waals surface area (Å²) >= 11 is 0. The number of amides is 1. The van der Waals surface area contributed by atoms with E-state index in [4.69, 9.17) is 0 Å². The molecule has 0 radical (unpaired) electrons. The van der Waals surface area contributed by atoms with Crippen molar-refractivity contribution in [1.29, 1.82) is 0 Å². The lowest BCUT2D eigenvalue weighted by Gasteiger charge is -2.09. The Hall–Kier alpha value is -2.83. The quantitative estimate of drug-likeness (QED) is 0.695. The molecule has 5 nitrogen and oxygen atoms in total. The fourth-order valence-electron chi connectivity index (χ4n) is 1.76. The van der Waals surface area contributed by atoms with Gasteiger partial charge < -0.3 is 5.32 Å². The minimum absolute atomic E-state index is 0.122. The number of carbonyl (C=O) groups excluding carboxylic acids is 1. The molecule has 0 aliphatic rings. The molecule has 0 atom stereocenters. The highest BCUT2D eigenvalue weighted by Crippen LogP contribution is 2.23. The molecule has 0 heterocycles. The Morgan fingerprint density at radius 2 is 1.81 bits per heavy atom. The lowest BCUT2D eigenvalue weighted by atomic mass is 10.1. The zero-order valence-electron chi connectivity index (χ0n) is 10.9. The largest absolute Gasteiger partial charge is 0.321 e. The number of rotatable bonds is 3. The summed E-state index contributed by atoms with van der Waals surface area (Å²) in [7, 11) is 0. The molecule has 1 N–H and O–H groups in total. The van der Waals surface area contributed by atoms with Crippen LogP contribution in [-0.2, 0) is 0 Å². The molecule has 0 fully saturated rings. The Kier molecular flexibility index (Phi) is 3.93. The third-order valence-corrected chi connectivity index (χ3v) is 2.87. The van der Waals surface area contributed by atoms with Crippen LogP contribution in [0.25, 0.3) is 0 Å². The van der Waals surface area contributed by atoms with Crippen LogP contribution >= 0.6 is 0 Å². The summed E-state index contributed by atoms with van der Waals surface area (Å²) in [5, 5.41) is 13.0. The summed E-state index contributed by atoms with van der Waals surface area (Å²) in [6.07, 6.45) is 0. The van der Waals surface area contributed by atoms with Gasteiger partial charge in [0.15, 0.2) is 0 Å². The minimum atomic E-state index is -1.01. The molecule has 1 amide bonds. The minimum Gasteiger partial charge on any atom is -0.321 e. The average Bonchev–Trinajstić information content (AvgIpc) is 2.40. The van der Waals surface area contributed by atoms with E-state index in [-0.39, 0.29) is 11.4 Å². The fraction of sp³-hybridized carbons (Fsp3) is 0.0714. The van der Waals surface area contributed by atoms with E-state index >= 15 is 0 Å². The van der Waals surface area contributed by atoms with Gasteiger partial charge >= 0.3 is 0 Å². The number of aryl methyl sites for hydroxylation is 1. The molecule has 21 heavy (non-hydrogen) atoms. The van der Waals surface area contributed by atoms with Crippen LogP contribution in [0, 0.1) is 28.7 Å². The molecule has 0 bridgehead atoms. The van der Waals surface area contributed by atoms with E-state index in [1.165, 1.54) is 12.1 Å². The van der Waals surface area contributed by atoms with Crippen LogP contribution in [0.2, 0.25) is 0 Å². The Balaban J connectivity index is 2.36. The Morgan fingerprint density at radius 3 is 2.38 bits per heavy atom. The van der Waals surface area contributed by atoms with Crippen LogP contribution in [0.4, 0.5) is 20.2 Å². The second kappa shape index (κ2) is 5.66. The van der Waals surface area contributed by atoms with Crippen LogP contribution < -0.4 is 5.32 Å². The topological polar surface area (TPSA) is 72.2 Å². The molecule has 108 valence electrons. The number of hydrogen-bond donors (Lipinski definition) is 1. The molecule has 0 saturated carbocycles. The van der Waals surface area contributed by atoms with E-state index in [9.17, 15) is 23.7 Å². The number of non-ortho nitro benzene ring substituents is 1. The Bertz CT molecular complexity index is 712. The van der Waals surface area contributed by atoms with Crippen molar-refractivity contribution in [2.45, 2.75) is 6.92 Å². The van der Waals surface area contributed by atoms with Gasteiger partial charge in [-0.15, -0.1) is 0 Å². The van der Waals surface area contributed by atoms with E-state index in [0.29, 0.717) is 5.56 Å². The van der Waals surface area contributed by atoms with E-state index < -0.39 is 28.0 Å². The number of nitrogens with zero attached hydrogens (tertiary/aromatic N) is 1. The standard InChI is InChI=1S/C14H10F2N2O3/c1-8-5-6-9(18(20)21)7-12(8)17-14(19)13-10(15)3-2-4-11(13)16/h2-7H,1H3,(H,17,19). The molecular formula is C14H10F2N2O3. The monoisotopic (exact) mass is 292 g/mol. The highest BCUT2D eigenvalue weighted by molar-refractivity contribution is 6.05. The van der Waals surface area contributed by atoms with Crippen molar-refractivity contribution >= 4 is 17.3 Å². The van der Waals surface area contributed by atoms with Crippen LogP contribution in [0.1, 0.15) is 15.9 Å². The Morgan fingerprint density at radius 1 is 1.19 bits per heavy atom. The summed E-state index contributed by atoms with van der Waals surface area (Å²) in [5.74, 6) is -3.01. The van der Waals surface area contributed by atoms with Gasteiger partial charge in [-0.2, -0.15) is 0 Å². The maximum atomic E-state index is 13.5. The highest BCUT2D eigenvalue weighted by atomic mass is 19.1. The van der Waals surface area contributed by atoms with Gasteiger partial charge in [-0.1, -0.05) is 12.1 Å². The van der Waals surface area contributed by atoms with Gasteiger partial charge in [-0.05, 0) is 24.6 Å². The van der Waals surface area contributed by atoms with E-state index in [1.54, 1.807) is 6.92 Å². The van der Waals surface area contributed by atoms with Crippen molar-refractivity contribution < 1.29 is 18.5 Å². The van der Waals surface area contributed by atoms with Crippen molar-refractivity contribution in [2.24, 2.45) is 0 Å². The van der Waals surface area contributed by atoms with E-state index in [1.807, 2.05) is 0 Å². The van der Waals surface area contributed by atoms with Crippen molar-refractivity contribution in [3.8, 4) is 0 Å². The molecule has 2 aromatic rings. The predicted octanol–water partition coefficient (Wildman–Crippen LogP) is 3.43. The van der Waals surface area contributed by atoms with Crippen molar-refractivity contribution in [3.05, 3.63) is 69.3 Å². The molecule has 7 heteroatoms. The molecule has 0 aliphatic carbocycles. The van der Waals surface area contributed by atoms with Crippen molar-refractivity contribution in [1.82, 2.24) is 0 Å². The second-order valence-corrected chi connectivity index (χ2v) is 4.31. The number of anilines is 1. The molecule has 0 spiro atoms. The SMILES string of the molecule is Cc1ccc([N+](=O)[O-])cc1NC(=O)c1c(F)cccc1F. The fourth-order valence-corrected chi connectivity index (χ4v) is 1.76. The molecule has 0 aliphatic heterocycles. The van der Waals surface area contributed by atoms with Gasteiger partial charge in [0.25, 0.3) is 11.6 Å². The number of nitro groups is 1. The molecule has 2 rings (SSSR count). The van der Waals surface area contributed by atoms with Crippen LogP contribution in [0.3, 0.4) is 0 Å². The normalized spacial score (nSPS) is 10.2. The first-order valence-electron chi connectivity index (χ1n) is 5.90. The zero-order valence-corrected chi connectivity index (χ0v) is 10.9. The number of carbonyl (C=O) groups is 1. The number of benzene rings is 2. The number of hydrogen-bond acceptors (Lipinski definition) is 3. The zero-order chi connectivity index (χ0) is 15.6. The van der Waals surface area contributed by atoms with Gasteiger partial charge in [0.05, 0.1) is 10.6 Å². The first kappa shape index (κ1) is 14.6. The molecule has 0 aromatic heterocycles. The molecular weight excluding hydrogens is 282 g/mol. The average molecular weight is 292 g/mol. The van der Waals surface area contributed by atoms with Crippen LogP contribution in [0.15, 0.2) is 36.4 Å². The summed E-state index contributed by atoms with van der Waals surface area (Å²) in [6, 6.07) is 6.89. The molecule has 2 aromatic carbocycles. The number of nitrogens with one attached hydrogen (secondary N) is 1. The van der Waals surface area contributed by atoms with Gasteiger partial charge in [0.1, 0.15) is 17.2 Å². The van der Waals surface area contributed by atoms with Crippen molar-refractivity contribution in [3.63, 3.8) is 0 Å². The van der Waals surface area contributed by atoms with Crippen molar-refractivity contribution in [2.75, 3.05) is 5.32 Å². The van der Waals surface area contributed by atoms with Gasteiger partial charge in [0, 0.05) is 12.1 Å². The van der Waals surface area contributed by atoms with Gasteiger partial charge in [0.2, 0.25) is 0 Å². The number of nitro benzene ring substituents is 1. The molecule has 0 unspecified atom stereocenters. The maximum Gasteiger partial charge on any atom is 0.271 e. The lowest BCUT2D eigenvalue weighted by molar-refractivity contribution is -0.384. The highest BCUT2D eigenvalue weighted by Gasteiger charge is 2.18.